The number of benzene rings is 1. The fraction of sp³-hybridized carbons (Fsp3) is 0.588. The molecular formula is C17H28N4. The van der Waals surface area contributed by atoms with Crippen molar-refractivity contribution in [2.75, 3.05) is 27.2 Å². The second-order valence-corrected chi connectivity index (χ2v) is 6.08. The molecule has 0 saturated heterocycles. The van der Waals surface area contributed by atoms with Gasteiger partial charge in [-0.05, 0) is 50.9 Å². The van der Waals surface area contributed by atoms with E-state index in [4.69, 9.17) is 0 Å². The van der Waals surface area contributed by atoms with Crippen LogP contribution in [0.15, 0.2) is 29.3 Å². The lowest BCUT2D eigenvalue weighted by Gasteiger charge is -2.12. The highest BCUT2D eigenvalue weighted by atomic mass is 15.2. The van der Waals surface area contributed by atoms with Crippen molar-refractivity contribution in [3.8, 4) is 0 Å². The van der Waals surface area contributed by atoms with Gasteiger partial charge in [-0.25, -0.2) is 4.99 Å². The van der Waals surface area contributed by atoms with Gasteiger partial charge in [0.05, 0.1) is 6.54 Å². The summed E-state index contributed by atoms with van der Waals surface area (Å²) in [7, 11) is 4.19. The molecule has 1 aromatic rings. The summed E-state index contributed by atoms with van der Waals surface area (Å²) in [6.45, 7) is 5.74. The molecule has 116 valence electrons. The van der Waals surface area contributed by atoms with Crippen molar-refractivity contribution >= 4 is 5.96 Å². The van der Waals surface area contributed by atoms with Gasteiger partial charge in [-0.1, -0.05) is 24.3 Å². The maximum atomic E-state index is 4.68. The average molecular weight is 288 g/mol. The smallest absolute Gasteiger partial charge is 0.191 e. The Hall–Kier alpha value is -1.55. The molecule has 0 radical (unpaired) electrons. The average Bonchev–Trinajstić information content (AvgIpc) is 3.26. The highest BCUT2D eigenvalue weighted by Crippen LogP contribution is 2.27. The van der Waals surface area contributed by atoms with Gasteiger partial charge in [-0.2, -0.15) is 0 Å². The third kappa shape index (κ3) is 6.17. The molecule has 0 spiro atoms. The van der Waals surface area contributed by atoms with E-state index in [2.05, 4.69) is 65.8 Å². The van der Waals surface area contributed by atoms with Crippen molar-refractivity contribution in [2.24, 2.45) is 10.9 Å². The molecule has 4 nitrogen and oxygen atoms in total. The third-order valence-electron chi connectivity index (χ3n) is 3.51. The summed E-state index contributed by atoms with van der Waals surface area (Å²) in [5, 5.41) is 6.74. The van der Waals surface area contributed by atoms with Gasteiger partial charge in [0.2, 0.25) is 0 Å². The second kappa shape index (κ2) is 8.03. The molecule has 2 N–H and O–H groups in total. The molecule has 1 aromatic carbocycles. The Bertz CT molecular complexity index is 464. The van der Waals surface area contributed by atoms with Crippen LogP contribution in [0.3, 0.4) is 0 Å². The number of rotatable bonds is 7. The van der Waals surface area contributed by atoms with E-state index in [-0.39, 0.29) is 0 Å². The van der Waals surface area contributed by atoms with E-state index in [1.165, 1.54) is 24.0 Å². The van der Waals surface area contributed by atoms with Crippen LogP contribution in [-0.2, 0) is 13.1 Å². The summed E-state index contributed by atoms with van der Waals surface area (Å²) in [5.74, 6) is 1.79. The molecule has 21 heavy (non-hydrogen) atoms. The van der Waals surface area contributed by atoms with Gasteiger partial charge in [-0.3, -0.25) is 0 Å². The van der Waals surface area contributed by atoms with Crippen LogP contribution in [0.1, 0.15) is 30.9 Å². The van der Waals surface area contributed by atoms with E-state index < -0.39 is 0 Å². The molecule has 0 bridgehead atoms. The highest BCUT2D eigenvalue weighted by molar-refractivity contribution is 5.79. The van der Waals surface area contributed by atoms with Crippen LogP contribution in [0.5, 0.6) is 0 Å². The van der Waals surface area contributed by atoms with E-state index in [1.807, 2.05) is 0 Å². The molecule has 1 fully saturated rings. The fourth-order valence-electron chi connectivity index (χ4n) is 2.27. The number of nitrogens with one attached hydrogen (secondary N) is 2. The third-order valence-corrected chi connectivity index (χ3v) is 3.51. The summed E-state index contributed by atoms with van der Waals surface area (Å²) in [6.07, 6.45) is 2.72. The largest absolute Gasteiger partial charge is 0.357 e. The molecule has 0 heterocycles. The molecule has 0 atom stereocenters. The maximum absolute atomic E-state index is 4.68. The Morgan fingerprint density at radius 2 is 2.00 bits per heavy atom. The standard InChI is InChI=1S/C17H28N4/c1-4-18-17(19-11-14-8-9-14)20-12-15-6-5-7-16(10-15)13-21(2)3/h5-7,10,14H,4,8-9,11-13H2,1-3H3,(H2,18,19,20). The second-order valence-electron chi connectivity index (χ2n) is 6.08. The van der Waals surface area contributed by atoms with Crippen LogP contribution in [0.2, 0.25) is 0 Å². The minimum absolute atomic E-state index is 0.723. The Balaban J connectivity index is 1.91. The molecule has 1 aliphatic carbocycles. The summed E-state index contributed by atoms with van der Waals surface area (Å²) < 4.78 is 0. The van der Waals surface area contributed by atoms with Crippen LogP contribution in [-0.4, -0.2) is 38.0 Å². The van der Waals surface area contributed by atoms with Crippen LogP contribution in [0.4, 0.5) is 0 Å². The zero-order valence-electron chi connectivity index (χ0n) is 13.5. The normalized spacial score (nSPS) is 15.3. The van der Waals surface area contributed by atoms with Gasteiger partial charge in [0.25, 0.3) is 0 Å². The summed E-state index contributed by atoms with van der Waals surface area (Å²) in [4.78, 5) is 6.87. The summed E-state index contributed by atoms with van der Waals surface area (Å²) >= 11 is 0. The van der Waals surface area contributed by atoms with Crippen molar-refractivity contribution in [2.45, 2.75) is 32.9 Å². The molecule has 0 aromatic heterocycles. The van der Waals surface area contributed by atoms with Crippen molar-refractivity contribution in [1.82, 2.24) is 15.5 Å². The SMILES string of the molecule is CCNC(=NCc1cccc(CN(C)C)c1)NCC1CC1. The van der Waals surface area contributed by atoms with Crippen LogP contribution in [0.25, 0.3) is 0 Å². The Morgan fingerprint density at radius 1 is 1.24 bits per heavy atom. The van der Waals surface area contributed by atoms with E-state index in [0.29, 0.717) is 0 Å². The number of hydrogen-bond acceptors (Lipinski definition) is 2. The van der Waals surface area contributed by atoms with Gasteiger partial charge in [-0.15, -0.1) is 0 Å². The first kappa shape index (κ1) is 15.8. The molecule has 0 amide bonds. The van der Waals surface area contributed by atoms with Gasteiger partial charge in [0.1, 0.15) is 0 Å². The molecule has 1 saturated carbocycles. The van der Waals surface area contributed by atoms with Gasteiger partial charge < -0.3 is 15.5 Å². The van der Waals surface area contributed by atoms with Gasteiger partial charge in [0, 0.05) is 19.6 Å². The topological polar surface area (TPSA) is 39.7 Å². The quantitative estimate of drug-likeness (QED) is 0.597. The van der Waals surface area contributed by atoms with Crippen molar-refractivity contribution in [3.63, 3.8) is 0 Å². The molecule has 0 unspecified atom stereocenters. The predicted molar refractivity (Wildman–Crippen MR) is 89.4 cm³/mol. The Kier molecular flexibility index (Phi) is 6.05. The highest BCUT2D eigenvalue weighted by Gasteiger charge is 2.20. The zero-order valence-corrected chi connectivity index (χ0v) is 13.5. The van der Waals surface area contributed by atoms with Crippen molar-refractivity contribution in [3.05, 3.63) is 35.4 Å². The minimum atomic E-state index is 0.723. The summed E-state index contributed by atoms with van der Waals surface area (Å²) in [6, 6.07) is 8.68. The monoisotopic (exact) mass is 288 g/mol. The van der Waals surface area contributed by atoms with E-state index >= 15 is 0 Å². The van der Waals surface area contributed by atoms with Crippen molar-refractivity contribution in [1.29, 1.82) is 0 Å². The number of aliphatic imine (C=N–C) groups is 1. The molecule has 2 rings (SSSR count). The van der Waals surface area contributed by atoms with Crippen molar-refractivity contribution < 1.29 is 0 Å². The first-order valence-electron chi connectivity index (χ1n) is 7.92. The maximum Gasteiger partial charge on any atom is 0.191 e. The van der Waals surface area contributed by atoms with E-state index in [0.717, 1.165) is 38.1 Å². The van der Waals surface area contributed by atoms with Crippen LogP contribution < -0.4 is 10.6 Å². The molecule has 4 heteroatoms. The first-order valence-corrected chi connectivity index (χ1v) is 7.92. The molecular weight excluding hydrogens is 260 g/mol. The first-order chi connectivity index (χ1) is 10.2. The Labute approximate surface area is 128 Å². The summed E-state index contributed by atoms with van der Waals surface area (Å²) in [5.41, 5.74) is 2.60. The number of nitrogens with zero attached hydrogens (tertiary/aromatic N) is 2. The van der Waals surface area contributed by atoms with Crippen LogP contribution in [0, 0.1) is 5.92 Å². The minimum Gasteiger partial charge on any atom is -0.357 e. The van der Waals surface area contributed by atoms with Crippen LogP contribution >= 0.6 is 0 Å². The van der Waals surface area contributed by atoms with Gasteiger partial charge in [0.15, 0.2) is 5.96 Å². The van der Waals surface area contributed by atoms with E-state index in [1.54, 1.807) is 0 Å². The predicted octanol–water partition coefficient (Wildman–Crippen LogP) is 2.21. The lowest BCUT2D eigenvalue weighted by molar-refractivity contribution is 0.402. The number of guanidine groups is 1. The number of hydrogen-bond donors (Lipinski definition) is 2. The van der Waals surface area contributed by atoms with E-state index in [9.17, 15) is 0 Å². The molecule has 1 aliphatic rings. The Morgan fingerprint density at radius 3 is 2.67 bits per heavy atom. The zero-order chi connectivity index (χ0) is 15.1. The lowest BCUT2D eigenvalue weighted by Crippen LogP contribution is -2.38. The lowest BCUT2D eigenvalue weighted by atomic mass is 10.1. The fourth-order valence-corrected chi connectivity index (χ4v) is 2.27. The molecule has 0 aliphatic heterocycles. The van der Waals surface area contributed by atoms with Gasteiger partial charge >= 0.3 is 0 Å².